The van der Waals surface area contributed by atoms with Crippen LogP contribution < -0.4 is 4.72 Å². The van der Waals surface area contributed by atoms with E-state index in [0.29, 0.717) is 23.4 Å². The standard InChI is InChI=1S/C13H18ClNO4S/c1-9-6-7-11(14)8-12(9)20(18,19)15-10(2)4-3-5-13(16)17/h6-8,10,15H,3-5H2,1-2H3,(H,16,17). The lowest BCUT2D eigenvalue weighted by Gasteiger charge is -2.15. The van der Waals surface area contributed by atoms with Gasteiger partial charge in [0.25, 0.3) is 0 Å². The zero-order valence-electron chi connectivity index (χ0n) is 11.4. The lowest BCUT2D eigenvalue weighted by molar-refractivity contribution is -0.137. The Labute approximate surface area is 124 Å². The molecule has 0 aromatic heterocycles. The lowest BCUT2D eigenvalue weighted by atomic mass is 10.1. The Kier molecular flexibility index (Phi) is 5.98. The van der Waals surface area contributed by atoms with Crippen molar-refractivity contribution in [1.82, 2.24) is 4.72 Å². The van der Waals surface area contributed by atoms with E-state index in [-0.39, 0.29) is 17.4 Å². The number of rotatable bonds is 7. The first kappa shape index (κ1) is 16.9. The van der Waals surface area contributed by atoms with Gasteiger partial charge in [0, 0.05) is 17.5 Å². The third-order valence-corrected chi connectivity index (χ3v) is 4.79. The molecule has 0 aliphatic rings. The second kappa shape index (κ2) is 7.06. The first-order valence-electron chi connectivity index (χ1n) is 6.22. The number of hydrogen-bond acceptors (Lipinski definition) is 3. The SMILES string of the molecule is Cc1ccc(Cl)cc1S(=O)(=O)NC(C)CCCC(=O)O. The maximum atomic E-state index is 12.2. The fourth-order valence-corrected chi connectivity index (χ4v) is 3.60. The Morgan fingerprint density at radius 2 is 2.10 bits per heavy atom. The molecule has 0 radical (unpaired) electrons. The number of benzene rings is 1. The van der Waals surface area contributed by atoms with Crippen LogP contribution in [-0.4, -0.2) is 25.5 Å². The van der Waals surface area contributed by atoms with Crippen molar-refractivity contribution in [3.05, 3.63) is 28.8 Å². The maximum absolute atomic E-state index is 12.2. The zero-order chi connectivity index (χ0) is 15.3. The molecule has 1 aromatic carbocycles. The van der Waals surface area contributed by atoms with Crippen molar-refractivity contribution in [2.45, 2.75) is 44.0 Å². The molecule has 0 fully saturated rings. The van der Waals surface area contributed by atoms with E-state index in [1.165, 1.54) is 6.07 Å². The molecule has 0 heterocycles. The molecule has 5 nitrogen and oxygen atoms in total. The average Bonchev–Trinajstić information content (AvgIpc) is 2.31. The topological polar surface area (TPSA) is 83.5 Å². The number of nitrogens with one attached hydrogen (secondary N) is 1. The first-order valence-corrected chi connectivity index (χ1v) is 8.09. The molecule has 0 amide bonds. The van der Waals surface area contributed by atoms with E-state index < -0.39 is 16.0 Å². The van der Waals surface area contributed by atoms with Crippen LogP contribution in [0, 0.1) is 6.92 Å². The summed E-state index contributed by atoms with van der Waals surface area (Å²) in [5.41, 5.74) is 0.611. The molecular weight excluding hydrogens is 302 g/mol. The van der Waals surface area contributed by atoms with Gasteiger partial charge in [-0.05, 0) is 44.4 Å². The molecule has 0 aliphatic carbocycles. The Morgan fingerprint density at radius 1 is 1.45 bits per heavy atom. The minimum absolute atomic E-state index is 0.0300. The molecule has 1 unspecified atom stereocenters. The van der Waals surface area contributed by atoms with Crippen molar-refractivity contribution in [2.24, 2.45) is 0 Å². The van der Waals surface area contributed by atoms with Crippen molar-refractivity contribution in [1.29, 1.82) is 0 Å². The predicted molar refractivity (Wildman–Crippen MR) is 77.5 cm³/mol. The van der Waals surface area contributed by atoms with E-state index >= 15 is 0 Å². The normalized spacial score (nSPS) is 13.2. The van der Waals surface area contributed by atoms with Gasteiger partial charge in [0.2, 0.25) is 10.0 Å². The highest BCUT2D eigenvalue weighted by molar-refractivity contribution is 7.89. The second-order valence-electron chi connectivity index (χ2n) is 4.72. The third-order valence-electron chi connectivity index (χ3n) is 2.82. The van der Waals surface area contributed by atoms with E-state index in [2.05, 4.69) is 4.72 Å². The number of hydrogen-bond donors (Lipinski definition) is 2. The summed E-state index contributed by atoms with van der Waals surface area (Å²) in [5, 5.41) is 8.91. The molecule has 7 heteroatoms. The number of aryl methyl sites for hydroxylation is 1. The van der Waals surface area contributed by atoms with Crippen LogP contribution in [-0.2, 0) is 14.8 Å². The van der Waals surface area contributed by atoms with Crippen molar-refractivity contribution in [3.8, 4) is 0 Å². The van der Waals surface area contributed by atoms with Crippen molar-refractivity contribution < 1.29 is 18.3 Å². The highest BCUT2D eigenvalue weighted by Crippen LogP contribution is 2.20. The minimum atomic E-state index is -3.65. The van der Waals surface area contributed by atoms with E-state index in [1.54, 1.807) is 26.0 Å². The average molecular weight is 320 g/mol. The van der Waals surface area contributed by atoms with Crippen LogP contribution in [0.2, 0.25) is 5.02 Å². The minimum Gasteiger partial charge on any atom is -0.481 e. The first-order chi connectivity index (χ1) is 9.22. The van der Waals surface area contributed by atoms with Gasteiger partial charge in [-0.15, -0.1) is 0 Å². The lowest BCUT2D eigenvalue weighted by Crippen LogP contribution is -2.33. The molecule has 0 aliphatic heterocycles. The molecule has 112 valence electrons. The summed E-state index contributed by atoms with van der Waals surface area (Å²) in [7, 11) is -3.65. The van der Waals surface area contributed by atoms with E-state index in [9.17, 15) is 13.2 Å². The Bertz CT molecular complexity index is 586. The monoisotopic (exact) mass is 319 g/mol. The summed E-state index contributed by atoms with van der Waals surface area (Å²) < 4.78 is 27.0. The van der Waals surface area contributed by atoms with Gasteiger partial charge in [0.05, 0.1) is 4.90 Å². The van der Waals surface area contributed by atoms with Gasteiger partial charge in [-0.3, -0.25) is 4.79 Å². The predicted octanol–water partition coefficient (Wildman–Crippen LogP) is 2.57. The largest absolute Gasteiger partial charge is 0.481 e. The fourth-order valence-electron chi connectivity index (χ4n) is 1.81. The molecule has 1 atom stereocenters. The van der Waals surface area contributed by atoms with Gasteiger partial charge >= 0.3 is 5.97 Å². The summed E-state index contributed by atoms with van der Waals surface area (Å²) in [6, 6.07) is 4.35. The van der Waals surface area contributed by atoms with Gasteiger partial charge in [0.15, 0.2) is 0 Å². The summed E-state index contributed by atoms with van der Waals surface area (Å²) in [6.45, 7) is 3.40. The van der Waals surface area contributed by atoms with E-state index in [1.807, 2.05) is 0 Å². The molecule has 1 aromatic rings. The smallest absolute Gasteiger partial charge is 0.303 e. The van der Waals surface area contributed by atoms with Crippen LogP contribution >= 0.6 is 11.6 Å². The van der Waals surface area contributed by atoms with Gasteiger partial charge in [-0.1, -0.05) is 17.7 Å². The number of halogens is 1. The van der Waals surface area contributed by atoms with Gasteiger partial charge in [-0.2, -0.15) is 0 Å². The molecule has 0 bridgehead atoms. The van der Waals surface area contributed by atoms with Gasteiger partial charge < -0.3 is 5.11 Å². The summed E-state index contributed by atoms with van der Waals surface area (Å²) in [4.78, 5) is 10.6. The van der Waals surface area contributed by atoms with E-state index in [0.717, 1.165) is 0 Å². The molecule has 2 N–H and O–H groups in total. The van der Waals surface area contributed by atoms with Crippen molar-refractivity contribution in [2.75, 3.05) is 0 Å². The van der Waals surface area contributed by atoms with Crippen LogP contribution in [0.4, 0.5) is 0 Å². The van der Waals surface area contributed by atoms with Crippen LogP contribution in [0.15, 0.2) is 23.1 Å². The van der Waals surface area contributed by atoms with Crippen molar-refractivity contribution >= 4 is 27.6 Å². The Balaban J connectivity index is 2.74. The molecule has 0 spiro atoms. The Hall–Kier alpha value is -1.11. The molecule has 20 heavy (non-hydrogen) atoms. The number of carboxylic acid groups (broad SMARTS) is 1. The van der Waals surface area contributed by atoms with Gasteiger partial charge in [0.1, 0.15) is 0 Å². The fraction of sp³-hybridized carbons (Fsp3) is 0.462. The number of carboxylic acids is 1. The molecule has 0 saturated carbocycles. The van der Waals surface area contributed by atoms with Crippen molar-refractivity contribution in [3.63, 3.8) is 0 Å². The molecular formula is C13H18ClNO4S. The van der Waals surface area contributed by atoms with Crippen LogP contribution in [0.3, 0.4) is 0 Å². The Morgan fingerprint density at radius 3 is 2.70 bits per heavy atom. The van der Waals surface area contributed by atoms with Crippen LogP contribution in [0.1, 0.15) is 31.7 Å². The van der Waals surface area contributed by atoms with Crippen LogP contribution in [0.5, 0.6) is 0 Å². The summed E-state index contributed by atoms with van der Waals surface area (Å²) in [6.07, 6.45) is 0.918. The maximum Gasteiger partial charge on any atom is 0.303 e. The quantitative estimate of drug-likeness (QED) is 0.809. The summed E-state index contributed by atoms with van der Waals surface area (Å²) >= 11 is 5.82. The zero-order valence-corrected chi connectivity index (χ0v) is 13.0. The highest BCUT2D eigenvalue weighted by atomic mass is 35.5. The number of aliphatic carboxylic acids is 1. The summed E-state index contributed by atoms with van der Waals surface area (Å²) in [5.74, 6) is -0.884. The third kappa shape index (κ3) is 5.11. The van der Waals surface area contributed by atoms with Gasteiger partial charge in [-0.25, -0.2) is 13.1 Å². The number of carbonyl (C=O) groups is 1. The van der Waals surface area contributed by atoms with Crippen LogP contribution in [0.25, 0.3) is 0 Å². The van der Waals surface area contributed by atoms with E-state index in [4.69, 9.17) is 16.7 Å². The molecule has 0 saturated heterocycles. The highest BCUT2D eigenvalue weighted by Gasteiger charge is 2.19. The molecule has 1 rings (SSSR count). The second-order valence-corrected chi connectivity index (χ2v) is 6.84. The number of sulfonamides is 1.